The largest absolute Gasteiger partial charge is 0.462 e. The Morgan fingerprint density at radius 2 is 1.59 bits per heavy atom. The van der Waals surface area contributed by atoms with E-state index in [4.69, 9.17) is 14.2 Å². The molecule has 7 rings (SSSR count). The summed E-state index contributed by atoms with van der Waals surface area (Å²) in [4.78, 5) is 29.0. The Hall–Kier alpha value is -3.11. The Morgan fingerprint density at radius 1 is 1.00 bits per heavy atom. The van der Waals surface area contributed by atoms with E-state index in [1.807, 2.05) is 48.1 Å². The molecule has 3 aliphatic heterocycles. The van der Waals surface area contributed by atoms with E-state index in [-0.39, 0.29) is 24.9 Å². The summed E-state index contributed by atoms with van der Waals surface area (Å²) in [5, 5.41) is 11.7. The van der Waals surface area contributed by atoms with Crippen molar-refractivity contribution < 1.29 is 33.3 Å². The van der Waals surface area contributed by atoms with Crippen molar-refractivity contribution in [2.24, 2.45) is 0 Å². The lowest BCUT2D eigenvalue weighted by molar-refractivity contribution is -0.169. The van der Waals surface area contributed by atoms with E-state index >= 15 is 4.39 Å². The smallest absolute Gasteiger partial charge is 0.347 e. The summed E-state index contributed by atoms with van der Waals surface area (Å²) in [6.07, 6.45) is -2.10. The van der Waals surface area contributed by atoms with Crippen LogP contribution in [0.1, 0.15) is 29.0 Å². The Bertz CT molecular complexity index is 1410. The molecule has 1 aliphatic carbocycles. The number of piperidine rings is 1. The van der Waals surface area contributed by atoms with Crippen LogP contribution < -0.4 is 0 Å². The summed E-state index contributed by atoms with van der Waals surface area (Å²) in [6, 6.07) is 22.7. The maximum Gasteiger partial charge on any atom is 0.347 e. The average Bonchev–Trinajstić information content (AvgIpc) is 3.70. The number of epoxide rings is 1. The SMILES string of the molecule is CBr.CN1C2C[C@@H](OC(=O)C(COC(=O)C3(O)c4ccccc4-c4ccccc43)c3ccccc3)C(F)C1[C@@H]1O[C@H]21. The molecule has 9 heteroatoms. The molecule has 3 saturated heterocycles. The molecule has 2 bridgehead atoms. The number of nitrogens with zero attached hydrogens (tertiary/aromatic N) is 1. The highest BCUT2D eigenvalue weighted by atomic mass is 79.9. The lowest BCUT2D eigenvalue weighted by atomic mass is 9.91. The lowest BCUT2D eigenvalue weighted by Gasteiger charge is -2.40. The Kier molecular flexibility index (Phi) is 7.48. The molecule has 4 unspecified atom stereocenters. The van der Waals surface area contributed by atoms with Gasteiger partial charge in [0.05, 0.1) is 6.04 Å². The summed E-state index contributed by atoms with van der Waals surface area (Å²) in [5.74, 6) is -0.723. The minimum Gasteiger partial charge on any atom is -0.462 e. The average molecular weight is 625 g/mol. The van der Waals surface area contributed by atoms with Crippen molar-refractivity contribution in [2.75, 3.05) is 19.5 Å². The van der Waals surface area contributed by atoms with E-state index in [1.54, 1.807) is 48.5 Å². The van der Waals surface area contributed by atoms with E-state index in [0.29, 0.717) is 23.1 Å². The number of hydrogen-bond acceptors (Lipinski definition) is 7. The molecule has 3 aromatic rings. The van der Waals surface area contributed by atoms with Gasteiger partial charge in [0.1, 0.15) is 30.8 Å². The second-order valence-electron chi connectivity index (χ2n) is 10.8. The lowest BCUT2D eigenvalue weighted by Crippen LogP contribution is -2.55. The maximum absolute atomic E-state index is 15.4. The third-order valence-electron chi connectivity index (χ3n) is 8.78. The molecule has 1 N–H and O–H groups in total. The van der Waals surface area contributed by atoms with E-state index in [9.17, 15) is 14.7 Å². The summed E-state index contributed by atoms with van der Waals surface area (Å²) in [5.41, 5.74) is 0.915. The molecular formula is C32H31BrFNO6. The summed E-state index contributed by atoms with van der Waals surface area (Å²) in [7, 11) is 1.88. The summed E-state index contributed by atoms with van der Waals surface area (Å²) in [6.45, 7) is -0.362. The van der Waals surface area contributed by atoms with Crippen molar-refractivity contribution in [1.82, 2.24) is 4.90 Å². The topological polar surface area (TPSA) is 88.6 Å². The first-order valence-electron chi connectivity index (χ1n) is 13.6. The van der Waals surface area contributed by atoms with Crippen LogP contribution in [0.15, 0.2) is 78.9 Å². The number of halogens is 2. The third kappa shape index (κ3) is 4.50. The van der Waals surface area contributed by atoms with Crippen molar-refractivity contribution in [1.29, 1.82) is 0 Å². The van der Waals surface area contributed by atoms with Gasteiger partial charge in [-0.1, -0.05) is 94.8 Å². The molecule has 4 aliphatic rings. The van der Waals surface area contributed by atoms with Crippen LogP contribution in [0.3, 0.4) is 0 Å². The second-order valence-corrected chi connectivity index (χ2v) is 10.8. The molecular weight excluding hydrogens is 593 g/mol. The first-order valence-corrected chi connectivity index (χ1v) is 15.2. The first kappa shape index (κ1) is 28.0. The monoisotopic (exact) mass is 623 g/mol. The van der Waals surface area contributed by atoms with Gasteiger partial charge < -0.3 is 19.3 Å². The number of carbonyl (C=O) groups excluding carboxylic acids is 2. The highest BCUT2D eigenvalue weighted by Gasteiger charge is 2.67. The molecule has 41 heavy (non-hydrogen) atoms. The summed E-state index contributed by atoms with van der Waals surface area (Å²) < 4.78 is 32.5. The van der Waals surface area contributed by atoms with Crippen LogP contribution in [-0.2, 0) is 29.4 Å². The van der Waals surface area contributed by atoms with Gasteiger partial charge in [-0.05, 0) is 29.6 Å². The van der Waals surface area contributed by atoms with Crippen molar-refractivity contribution in [3.8, 4) is 11.1 Å². The van der Waals surface area contributed by atoms with Crippen molar-refractivity contribution >= 4 is 27.9 Å². The number of ether oxygens (including phenoxy) is 3. The van der Waals surface area contributed by atoms with Gasteiger partial charge in [-0.15, -0.1) is 0 Å². The van der Waals surface area contributed by atoms with Gasteiger partial charge in [0, 0.05) is 23.6 Å². The molecule has 7 atom stereocenters. The zero-order valence-corrected chi connectivity index (χ0v) is 24.2. The van der Waals surface area contributed by atoms with Gasteiger partial charge in [0.2, 0.25) is 5.60 Å². The highest BCUT2D eigenvalue weighted by molar-refractivity contribution is 9.08. The fourth-order valence-electron chi connectivity index (χ4n) is 6.72. The maximum atomic E-state index is 15.4. The standard InChI is InChI=1S/C31H28FNO6.CH3Br/c1-33-23-15-24(25(32)26(33)28-27(23)39-28)38-29(34)20(17-9-3-2-4-10-17)16-37-30(35)31(36)21-13-7-5-11-18(21)19-12-6-8-14-22(19)31;1-2/h2-14,20,23-28,36H,15-16H2,1H3;1H3/t20?,23?,24-,25?,26?,27-,28+;/m1./s1. The zero-order valence-electron chi connectivity index (χ0n) is 22.7. The number of hydrogen-bond donors (Lipinski definition) is 1. The zero-order chi connectivity index (χ0) is 28.9. The van der Waals surface area contributed by atoms with E-state index in [1.165, 1.54) is 0 Å². The van der Waals surface area contributed by atoms with Gasteiger partial charge in [-0.3, -0.25) is 9.69 Å². The molecule has 0 saturated carbocycles. The van der Waals surface area contributed by atoms with Crippen LogP contribution in [0.2, 0.25) is 0 Å². The number of likely N-dealkylation sites (N-methyl/N-ethyl adjacent to an activating group) is 1. The van der Waals surface area contributed by atoms with Crippen molar-refractivity contribution in [3.05, 3.63) is 95.6 Å². The summed E-state index contributed by atoms with van der Waals surface area (Å²) >= 11 is 2.94. The molecule has 214 valence electrons. The van der Waals surface area contributed by atoms with Crippen LogP contribution in [0.5, 0.6) is 0 Å². The predicted octanol–water partition coefficient (Wildman–Crippen LogP) is 4.34. The fourth-order valence-corrected chi connectivity index (χ4v) is 6.72. The van der Waals surface area contributed by atoms with Crippen LogP contribution in [0, 0.1) is 0 Å². The Labute approximate surface area is 246 Å². The molecule has 7 nitrogen and oxygen atoms in total. The Morgan fingerprint density at radius 3 is 2.22 bits per heavy atom. The second kappa shape index (κ2) is 10.9. The van der Waals surface area contributed by atoms with Gasteiger partial charge in [0.15, 0.2) is 6.17 Å². The molecule has 0 spiro atoms. The van der Waals surface area contributed by atoms with Gasteiger partial charge in [-0.25, -0.2) is 9.18 Å². The number of fused-ring (bicyclic) bond motifs is 8. The number of benzene rings is 3. The predicted molar refractivity (Wildman–Crippen MR) is 153 cm³/mol. The number of carbonyl (C=O) groups is 2. The van der Waals surface area contributed by atoms with Crippen LogP contribution in [-0.4, -0.2) is 78.0 Å². The van der Waals surface area contributed by atoms with Gasteiger partial charge in [-0.2, -0.15) is 0 Å². The van der Waals surface area contributed by atoms with Crippen LogP contribution in [0.4, 0.5) is 4.39 Å². The Balaban J connectivity index is 0.00000148. The first-order chi connectivity index (χ1) is 19.9. The minimum absolute atomic E-state index is 0.00858. The van der Waals surface area contributed by atoms with E-state index in [0.717, 1.165) is 11.1 Å². The minimum atomic E-state index is -2.02. The third-order valence-corrected chi connectivity index (χ3v) is 8.78. The molecule has 0 amide bonds. The molecule has 3 aromatic carbocycles. The molecule has 0 aromatic heterocycles. The molecule has 3 heterocycles. The van der Waals surface area contributed by atoms with E-state index in [2.05, 4.69) is 15.9 Å². The van der Waals surface area contributed by atoms with Gasteiger partial charge >= 0.3 is 11.9 Å². The highest BCUT2D eigenvalue weighted by Crippen LogP contribution is 2.50. The van der Waals surface area contributed by atoms with Crippen molar-refractivity contribution in [2.45, 2.75) is 54.5 Å². The normalized spacial score (nSPS) is 28.7. The fraction of sp³-hybridized carbons (Fsp3) is 0.375. The molecule has 3 fully saturated rings. The van der Waals surface area contributed by atoms with Crippen LogP contribution >= 0.6 is 15.9 Å². The number of rotatable bonds is 6. The number of alkyl halides is 2. The van der Waals surface area contributed by atoms with Crippen molar-refractivity contribution in [3.63, 3.8) is 0 Å². The number of esters is 2. The molecule has 0 radical (unpaired) electrons. The number of morpholine rings is 1. The van der Waals surface area contributed by atoms with Gasteiger partial charge in [0.25, 0.3) is 0 Å². The van der Waals surface area contributed by atoms with Crippen LogP contribution in [0.25, 0.3) is 11.1 Å². The number of aliphatic hydroxyl groups is 1. The quantitative estimate of drug-likeness (QED) is 0.248. The van der Waals surface area contributed by atoms with E-state index < -0.39 is 41.8 Å².